The Balaban J connectivity index is 1.85. The van der Waals surface area contributed by atoms with E-state index in [2.05, 4.69) is 38.2 Å². The molecular weight excluding hydrogens is 238 g/mol. The summed E-state index contributed by atoms with van der Waals surface area (Å²) in [6.45, 7) is 10.2. The van der Waals surface area contributed by atoms with Crippen LogP contribution in [-0.2, 0) is 6.42 Å². The fraction of sp³-hybridized carbons (Fsp3) is 0.625. The maximum absolute atomic E-state index is 5.62. The van der Waals surface area contributed by atoms with Crippen LogP contribution in [0.25, 0.3) is 0 Å². The van der Waals surface area contributed by atoms with E-state index in [1.54, 1.807) is 0 Å². The number of rotatable bonds is 6. The molecule has 0 bridgehead atoms. The highest BCUT2D eigenvalue weighted by molar-refractivity contribution is 5.43. The van der Waals surface area contributed by atoms with Crippen LogP contribution in [0.3, 0.4) is 0 Å². The summed E-state index contributed by atoms with van der Waals surface area (Å²) < 4.78 is 11.2. The molecule has 3 heteroatoms. The first-order chi connectivity index (χ1) is 9.15. The molecule has 1 aliphatic heterocycles. The van der Waals surface area contributed by atoms with Crippen LogP contribution in [0.1, 0.15) is 26.3 Å². The number of hydrogen-bond donors (Lipinski definition) is 1. The molecule has 1 aromatic rings. The lowest BCUT2D eigenvalue weighted by Crippen LogP contribution is -2.26. The maximum atomic E-state index is 5.62. The van der Waals surface area contributed by atoms with E-state index in [1.165, 1.54) is 5.56 Å². The van der Waals surface area contributed by atoms with Gasteiger partial charge >= 0.3 is 0 Å². The van der Waals surface area contributed by atoms with Gasteiger partial charge in [0.05, 0.1) is 0 Å². The molecule has 1 aliphatic rings. The van der Waals surface area contributed by atoms with Crippen molar-refractivity contribution in [1.82, 2.24) is 5.32 Å². The molecule has 1 heterocycles. The Bertz CT molecular complexity index is 404. The lowest BCUT2D eigenvalue weighted by atomic mass is 10.0. The molecular formula is C16H25NO2. The van der Waals surface area contributed by atoms with Gasteiger partial charge in [0.2, 0.25) is 0 Å². The molecule has 0 saturated carbocycles. The zero-order chi connectivity index (χ0) is 13.7. The molecule has 106 valence electrons. The third kappa shape index (κ3) is 4.43. The molecule has 0 saturated heterocycles. The Morgan fingerprint density at radius 2 is 1.79 bits per heavy atom. The highest BCUT2D eigenvalue weighted by atomic mass is 16.6. The van der Waals surface area contributed by atoms with Gasteiger partial charge in [-0.2, -0.15) is 0 Å². The van der Waals surface area contributed by atoms with Gasteiger partial charge in [0.15, 0.2) is 11.5 Å². The second-order valence-corrected chi connectivity index (χ2v) is 5.84. The van der Waals surface area contributed by atoms with E-state index in [0.29, 0.717) is 25.0 Å². The largest absolute Gasteiger partial charge is 0.486 e. The Labute approximate surface area is 116 Å². The van der Waals surface area contributed by atoms with Crippen LogP contribution in [0, 0.1) is 11.8 Å². The van der Waals surface area contributed by atoms with Crippen molar-refractivity contribution >= 4 is 0 Å². The lowest BCUT2D eigenvalue weighted by Gasteiger charge is -2.20. The SMILES string of the molecule is CC(C)CNCC(C)Cc1ccc2c(c1)OCCO2. The Morgan fingerprint density at radius 1 is 1.05 bits per heavy atom. The van der Waals surface area contributed by atoms with Crippen molar-refractivity contribution in [2.45, 2.75) is 27.2 Å². The van der Waals surface area contributed by atoms with Crippen molar-refractivity contribution in [3.63, 3.8) is 0 Å². The molecule has 0 spiro atoms. The number of hydrogen-bond acceptors (Lipinski definition) is 3. The van der Waals surface area contributed by atoms with Gasteiger partial charge in [-0.3, -0.25) is 0 Å². The Hall–Kier alpha value is -1.22. The first-order valence-corrected chi connectivity index (χ1v) is 7.24. The van der Waals surface area contributed by atoms with E-state index < -0.39 is 0 Å². The molecule has 0 radical (unpaired) electrons. The summed E-state index contributed by atoms with van der Waals surface area (Å²) in [6.07, 6.45) is 1.07. The van der Waals surface area contributed by atoms with Gasteiger partial charge in [-0.05, 0) is 49.0 Å². The Kier molecular flexibility index (Phi) is 5.08. The zero-order valence-electron chi connectivity index (χ0n) is 12.2. The summed E-state index contributed by atoms with van der Waals surface area (Å²) in [5, 5.41) is 3.51. The smallest absolute Gasteiger partial charge is 0.161 e. The molecule has 0 amide bonds. The fourth-order valence-electron chi connectivity index (χ4n) is 2.31. The van der Waals surface area contributed by atoms with Crippen LogP contribution < -0.4 is 14.8 Å². The van der Waals surface area contributed by atoms with Crippen LogP contribution >= 0.6 is 0 Å². The van der Waals surface area contributed by atoms with Crippen LogP contribution in [-0.4, -0.2) is 26.3 Å². The lowest BCUT2D eigenvalue weighted by molar-refractivity contribution is 0.171. The summed E-state index contributed by atoms with van der Waals surface area (Å²) >= 11 is 0. The van der Waals surface area contributed by atoms with Gasteiger partial charge in [0.25, 0.3) is 0 Å². The first kappa shape index (κ1) is 14.2. The standard InChI is InChI=1S/C16H25NO2/c1-12(2)10-17-11-13(3)8-14-4-5-15-16(9-14)19-7-6-18-15/h4-5,9,12-13,17H,6-8,10-11H2,1-3H3. The van der Waals surface area contributed by atoms with Crippen molar-refractivity contribution in [2.24, 2.45) is 11.8 Å². The average molecular weight is 263 g/mol. The van der Waals surface area contributed by atoms with Crippen LogP contribution in [0.5, 0.6) is 11.5 Å². The average Bonchev–Trinajstić information content (AvgIpc) is 2.38. The number of fused-ring (bicyclic) bond motifs is 1. The molecule has 3 nitrogen and oxygen atoms in total. The van der Waals surface area contributed by atoms with Gasteiger partial charge in [0.1, 0.15) is 13.2 Å². The molecule has 1 N–H and O–H groups in total. The second-order valence-electron chi connectivity index (χ2n) is 5.84. The number of nitrogens with one attached hydrogen (secondary N) is 1. The molecule has 0 fully saturated rings. The maximum Gasteiger partial charge on any atom is 0.161 e. The minimum atomic E-state index is 0.626. The van der Waals surface area contributed by atoms with Crippen molar-refractivity contribution in [2.75, 3.05) is 26.3 Å². The van der Waals surface area contributed by atoms with Crippen molar-refractivity contribution in [1.29, 1.82) is 0 Å². The van der Waals surface area contributed by atoms with Gasteiger partial charge in [0, 0.05) is 0 Å². The summed E-state index contributed by atoms with van der Waals surface area (Å²) in [6, 6.07) is 6.29. The molecule has 1 aromatic carbocycles. The van der Waals surface area contributed by atoms with Crippen molar-refractivity contribution in [3.05, 3.63) is 23.8 Å². The van der Waals surface area contributed by atoms with Gasteiger partial charge < -0.3 is 14.8 Å². The van der Waals surface area contributed by atoms with Gasteiger partial charge in [-0.15, -0.1) is 0 Å². The van der Waals surface area contributed by atoms with Crippen LogP contribution in [0.4, 0.5) is 0 Å². The zero-order valence-corrected chi connectivity index (χ0v) is 12.2. The van der Waals surface area contributed by atoms with Crippen LogP contribution in [0.2, 0.25) is 0 Å². The van der Waals surface area contributed by atoms with Gasteiger partial charge in [-0.25, -0.2) is 0 Å². The molecule has 0 aromatic heterocycles. The predicted octanol–water partition coefficient (Wildman–Crippen LogP) is 2.88. The highest BCUT2D eigenvalue weighted by Gasteiger charge is 2.12. The molecule has 0 aliphatic carbocycles. The Morgan fingerprint density at radius 3 is 2.53 bits per heavy atom. The topological polar surface area (TPSA) is 30.5 Å². The van der Waals surface area contributed by atoms with Gasteiger partial charge in [-0.1, -0.05) is 26.8 Å². The summed E-state index contributed by atoms with van der Waals surface area (Å²) in [4.78, 5) is 0. The van der Waals surface area contributed by atoms with Crippen LogP contribution in [0.15, 0.2) is 18.2 Å². The quantitative estimate of drug-likeness (QED) is 0.856. The normalized spacial score (nSPS) is 15.6. The van der Waals surface area contributed by atoms with E-state index in [1.807, 2.05) is 6.07 Å². The van der Waals surface area contributed by atoms with E-state index in [0.717, 1.165) is 31.0 Å². The third-order valence-electron chi connectivity index (χ3n) is 3.24. The van der Waals surface area contributed by atoms with Crippen molar-refractivity contribution in [3.8, 4) is 11.5 Å². The number of ether oxygens (including phenoxy) is 2. The highest BCUT2D eigenvalue weighted by Crippen LogP contribution is 2.31. The summed E-state index contributed by atoms with van der Waals surface area (Å²) in [5.41, 5.74) is 1.32. The molecule has 1 atom stereocenters. The minimum Gasteiger partial charge on any atom is -0.486 e. The summed E-state index contributed by atoms with van der Waals surface area (Å²) in [5.74, 6) is 3.11. The molecule has 2 rings (SSSR count). The molecule has 1 unspecified atom stereocenters. The second kappa shape index (κ2) is 6.80. The van der Waals surface area contributed by atoms with Crippen molar-refractivity contribution < 1.29 is 9.47 Å². The molecule has 19 heavy (non-hydrogen) atoms. The van der Waals surface area contributed by atoms with E-state index in [4.69, 9.17) is 9.47 Å². The monoisotopic (exact) mass is 263 g/mol. The predicted molar refractivity (Wildman–Crippen MR) is 78.0 cm³/mol. The first-order valence-electron chi connectivity index (χ1n) is 7.24. The fourth-order valence-corrected chi connectivity index (χ4v) is 2.31. The van der Waals surface area contributed by atoms with E-state index in [9.17, 15) is 0 Å². The summed E-state index contributed by atoms with van der Waals surface area (Å²) in [7, 11) is 0. The third-order valence-corrected chi connectivity index (χ3v) is 3.24. The minimum absolute atomic E-state index is 0.626. The van der Waals surface area contributed by atoms with E-state index in [-0.39, 0.29) is 0 Å². The number of benzene rings is 1. The van der Waals surface area contributed by atoms with E-state index >= 15 is 0 Å².